The molecule has 0 bridgehead atoms. The molecular formula is C21H22N2O2S. The molecule has 1 aliphatic heterocycles. The lowest BCUT2D eigenvalue weighted by Crippen LogP contribution is -2.39. The van der Waals surface area contributed by atoms with Crippen LogP contribution >= 0.6 is 11.3 Å². The van der Waals surface area contributed by atoms with Gasteiger partial charge in [-0.3, -0.25) is 9.89 Å². The number of morpholine rings is 1. The number of benzene rings is 2. The van der Waals surface area contributed by atoms with Crippen molar-refractivity contribution >= 4 is 28.3 Å². The van der Waals surface area contributed by atoms with Crippen molar-refractivity contribution in [1.82, 2.24) is 4.90 Å². The van der Waals surface area contributed by atoms with E-state index in [1.54, 1.807) is 17.4 Å². The van der Waals surface area contributed by atoms with Gasteiger partial charge in [-0.25, -0.2) is 0 Å². The first-order valence-electron chi connectivity index (χ1n) is 8.88. The second-order valence-electron chi connectivity index (χ2n) is 6.39. The highest BCUT2D eigenvalue weighted by molar-refractivity contribution is 7.10. The van der Waals surface area contributed by atoms with Crippen LogP contribution in [0, 0.1) is 0 Å². The van der Waals surface area contributed by atoms with E-state index in [1.807, 2.05) is 36.5 Å². The van der Waals surface area contributed by atoms with Gasteiger partial charge < -0.3 is 9.84 Å². The number of hydrogen-bond acceptors (Lipinski definition) is 5. The summed E-state index contributed by atoms with van der Waals surface area (Å²) in [5, 5.41) is 14.5. The monoisotopic (exact) mass is 366 g/mol. The number of aromatic hydroxyl groups is 1. The van der Waals surface area contributed by atoms with Gasteiger partial charge in [-0.2, -0.15) is 0 Å². The summed E-state index contributed by atoms with van der Waals surface area (Å²) in [5.41, 5.74) is 0.787. The predicted octanol–water partition coefficient (Wildman–Crippen LogP) is 4.10. The molecule has 3 aromatic rings. The molecular weight excluding hydrogens is 344 g/mol. The molecule has 134 valence electrons. The van der Waals surface area contributed by atoms with E-state index >= 15 is 0 Å². The number of rotatable bonds is 5. The molecule has 4 rings (SSSR count). The molecule has 0 saturated carbocycles. The Hall–Kier alpha value is -2.21. The third kappa shape index (κ3) is 3.65. The third-order valence-electron chi connectivity index (χ3n) is 4.80. The zero-order valence-electron chi connectivity index (χ0n) is 14.5. The van der Waals surface area contributed by atoms with Gasteiger partial charge in [-0.15, -0.1) is 11.3 Å². The molecule has 0 unspecified atom stereocenters. The Balaban J connectivity index is 1.59. The van der Waals surface area contributed by atoms with Gasteiger partial charge in [0.05, 0.1) is 25.8 Å². The Morgan fingerprint density at radius 3 is 2.77 bits per heavy atom. The smallest absolute Gasteiger partial charge is 0.124 e. The normalized spacial score (nSPS) is 17.1. The van der Waals surface area contributed by atoms with Crippen LogP contribution in [0.25, 0.3) is 10.8 Å². The Morgan fingerprint density at radius 1 is 1.12 bits per heavy atom. The summed E-state index contributed by atoms with van der Waals surface area (Å²) in [6.07, 6.45) is 1.82. The van der Waals surface area contributed by atoms with Crippen molar-refractivity contribution < 1.29 is 9.84 Å². The van der Waals surface area contributed by atoms with Gasteiger partial charge in [0.1, 0.15) is 5.75 Å². The molecule has 1 aromatic heterocycles. The van der Waals surface area contributed by atoms with Crippen LogP contribution in [0.1, 0.15) is 16.5 Å². The minimum atomic E-state index is 0.257. The second kappa shape index (κ2) is 7.99. The minimum Gasteiger partial charge on any atom is -0.507 e. The molecule has 0 radical (unpaired) electrons. The largest absolute Gasteiger partial charge is 0.507 e. The van der Waals surface area contributed by atoms with Gasteiger partial charge in [0, 0.05) is 29.7 Å². The number of nitrogens with zero attached hydrogens (tertiary/aromatic N) is 2. The SMILES string of the molecule is Oc1ccc2ccccc2c1C=NC[C@@H](c1cccs1)N1CCOCC1. The van der Waals surface area contributed by atoms with Crippen LogP contribution in [0.15, 0.2) is 58.9 Å². The van der Waals surface area contributed by atoms with Crippen molar-refractivity contribution in [2.75, 3.05) is 32.8 Å². The average molecular weight is 366 g/mol. The van der Waals surface area contributed by atoms with Crippen LogP contribution in [0.4, 0.5) is 0 Å². The summed E-state index contributed by atoms with van der Waals surface area (Å²) in [7, 11) is 0. The van der Waals surface area contributed by atoms with Gasteiger partial charge in [0.15, 0.2) is 0 Å². The fourth-order valence-electron chi connectivity index (χ4n) is 3.42. The molecule has 0 amide bonds. The Morgan fingerprint density at radius 2 is 1.96 bits per heavy atom. The van der Waals surface area contributed by atoms with Crippen LogP contribution in [0.5, 0.6) is 5.75 Å². The summed E-state index contributed by atoms with van der Waals surface area (Å²) in [4.78, 5) is 8.49. The summed E-state index contributed by atoms with van der Waals surface area (Å²) in [6.45, 7) is 4.07. The predicted molar refractivity (Wildman–Crippen MR) is 108 cm³/mol. The lowest BCUT2D eigenvalue weighted by atomic mass is 10.0. The molecule has 5 heteroatoms. The number of thiophene rings is 1. The minimum absolute atomic E-state index is 0.257. The van der Waals surface area contributed by atoms with Crippen molar-refractivity contribution in [2.24, 2.45) is 4.99 Å². The van der Waals surface area contributed by atoms with Crippen LogP contribution in [-0.2, 0) is 4.74 Å². The van der Waals surface area contributed by atoms with E-state index in [0.29, 0.717) is 6.54 Å². The Kier molecular flexibility index (Phi) is 5.29. The first kappa shape index (κ1) is 17.2. The van der Waals surface area contributed by atoms with Crippen molar-refractivity contribution in [2.45, 2.75) is 6.04 Å². The lowest BCUT2D eigenvalue weighted by Gasteiger charge is -2.33. The lowest BCUT2D eigenvalue weighted by molar-refractivity contribution is 0.0187. The Labute approximate surface area is 157 Å². The third-order valence-corrected chi connectivity index (χ3v) is 5.78. The van der Waals surface area contributed by atoms with E-state index in [-0.39, 0.29) is 11.8 Å². The molecule has 1 fully saturated rings. The maximum absolute atomic E-state index is 10.3. The van der Waals surface area contributed by atoms with Gasteiger partial charge in [0.2, 0.25) is 0 Å². The van der Waals surface area contributed by atoms with Gasteiger partial charge >= 0.3 is 0 Å². The zero-order valence-corrected chi connectivity index (χ0v) is 15.4. The van der Waals surface area contributed by atoms with Crippen LogP contribution in [-0.4, -0.2) is 49.1 Å². The second-order valence-corrected chi connectivity index (χ2v) is 7.37. The molecule has 2 aromatic carbocycles. The number of phenols is 1. The van der Waals surface area contributed by atoms with Crippen molar-refractivity contribution in [3.8, 4) is 5.75 Å². The van der Waals surface area contributed by atoms with Crippen LogP contribution in [0.3, 0.4) is 0 Å². The number of aliphatic imine (C=N–C) groups is 1. The van der Waals surface area contributed by atoms with Crippen molar-refractivity contribution in [3.63, 3.8) is 0 Å². The molecule has 2 heterocycles. The number of fused-ring (bicyclic) bond motifs is 1. The Bertz CT molecular complexity index is 886. The van der Waals surface area contributed by atoms with Gasteiger partial charge in [-0.1, -0.05) is 36.4 Å². The van der Waals surface area contributed by atoms with Crippen LogP contribution in [0.2, 0.25) is 0 Å². The van der Waals surface area contributed by atoms with Crippen LogP contribution < -0.4 is 0 Å². The first-order chi connectivity index (χ1) is 12.8. The van der Waals surface area contributed by atoms with E-state index in [4.69, 9.17) is 9.73 Å². The van der Waals surface area contributed by atoms with E-state index < -0.39 is 0 Å². The fourth-order valence-corrected chi connectivity index (χ4v) is 4.27. The summed E-state index contributed by atoms with van der Waals surface area (Å²) < 4.78 is 5.50. The fraction of sp³-hybridized carbons (Fsp3) is 0.286. The maximum Gasteiger partial charge on any atom is 0.124 e. The van der Waals surface area contributed by atoms with E-state index in [0.717, 1.165) is 42.6 Å². The molecule has 1 saturated heterocycles. The number of phenolic OH excluding ortho intramolecular Hbond substituents is 1. The zero-order chi connectivity index (χ0) is 17.8. The maximum atomic E-state index is 10.3. The summed E-state index contributed by atoms with van der Waals surface area (Å²) in [5.74, 6) is 0.270. The first-order valence-corrected chi connectivity index (χ1v) is 9.76. The average Bonchev–Trinajstić information content (AvgIpc) is 3.22. The van der Waals surface area contributed by atoms with E-state index in [2.05, 4.69) is 22.4 Å². The van der Waals surface area contributed by atoms with Gasteiger partial charge in [0.25, 0.3) is 0 Å². The van der Waals surface area contributed by atoms with E-state index in [9.17, 15) is 5.11 Å². The molecule has 26 heavy (non-hydrogen) atoms. The molecule has 1 aliphatic rings. The highest BCUT2D eigenvalue weighted by Gasteiger charge is 2.22. The quantitative estimate of drug-likeness (QED) is 0.692. The highest BCUT2D eigenvalue weighted by Crippen LogP contribution is 2.28. The van der Waals surface area contributed by atoms with Crippen molar-refractivity contribution in [3.05, 3.63) is 64.4 Å². The topological polar surface area (TPSA) is 45.1 Å². The van der Waals surface area contributed by atoms with Crippen molar-refractivity contribution in [1.29, 1.82) is 0 Å². The van der Waals surface area contributed by atoms with E-state index in [1.165, 1.54) is 4.88 Å². The number of hydrogen-bond donors (Lipinski definition) is 1. The standard InChI is InChI=1S/C21H22N2O2S/c24-20-8-7-16-4-1-2-5-17(16)18(20)14-22-15-19(21-6-3-13-26-21)23-9-11-25-12-10-23/h1-8,13-14,19,24H,9-12,15H2/t19-/m0/s1. The molecule has 1 N–H and O–H groups in total. The molecule has 1 atom stereocenters. The number of ether oxygens (including phenoxy) is 1. The molecule has 4 nitrogen and oxygen atoms in total. The van der Waals surface area contributed by atoms with Gasteiger partial charge in [-0.05, 0) is 28.3 Å². The summed E-state index contributed by atoms with van der Waals surface area (Å²) in [6, 6.07) is 16.3. The highest BCUT2D eigenvalue weighted by atomic mass is 32.1. The molecule has 0 aliphatic carbocycles. The molecule has 0 spiro atoms. The summed E-state index contributed by atoms with van der Waals surface area (Å²) >= 11 is 1.77.